The molecule has 0 N–H and O–H groups in total. The zero-order valence-electron chi connectivity index (χ0n) is 9.23. The second kappa shape index (κ2) is 13.0. The summed E-state index contributed by atoms with van der Waals surface area (Å²) in [5, 5.41) is 0. The van der Waals surface area contributed by atoms with Gasteiger partial charge in [-0.2, -0.15) is 13.2 Å². The molecule has 0 bridgehead atoms. The van der Waals surface area contributed by atoms with Gasteiger partial charge >= 0.3 is 53.2 Å². The summed E-state index contributed by atoms with van der Waals surface area (Å²) in [6.07, 6.45) is -9.53. The van der Waals surface area contributed by atoms with Gasteiger partial charge < -0.3 is 51.8 Å². The van der Waals surface area contributed by atoms with Crippen molar-refractivity contribution in [2.45, 2.75) is 12.6 Å². The molecule has 0 heterocycles. The van der Waals surface area contributed by atoms with Crippen molar-refractivity contribution >= 4 is 40.6 Å². The fraction of sp³-hybridized carbons (Fsp3) is 1.00. The Hall–Kier alpha value is -0.398. The fourth-order valence-electron chi connectivity index (χ4n) is 0. The zero-order chi connectivity index (χ0) is 19.6. The molecule has 142 valence electrons. The molecular weight excluding hydrogens is 386 g/mol. The van der Waals surface area contributed by atoms with Crippen LogP contribution in [0.15, 0.2) is 0 Å². The standard InChI is InChI=1S/C2HF5.3BF4.Li.H/c3-1(4)2(5,6)7;3*2-1(3,4)5;;/h1H;;;;;/q;3*-1;;. The number of rotatable bonds is 0. The maximum atomic E-state index is 10.4. The molecular formula is C2H2B3F17Li-3. The molecule has 0 fully saturated rings. The topological polar surface area (TPSA) is 0 Å². The molecule has 0 unspecified atom stereocenters. The average Bonchev–Trinajstić information content (AvgIpc) is 1.89. The van der Waals surface area contributed by atoms with Crippen LogP contribution in [0.2, 0.25) is 0 Å². The summed E-state index contributed by atoms with van der Waals surface area (Å²) in [6.45, 7) is 0. The van der Waals surface area contributed by atoms with Crippen molar-refractivity contribution in [2.24, 2.45) is 0 Å². The zero-order valence-corrected chi connectivity index (χ0v) is 9.23. The van der Waals surface area contributed by atoms with Gasteiger partial charge in [-0.25, -0.2) is 8.78 Å². The van der Waals surface area contributed by atoms with Crippen LogP contribution in [-0.4, -0.2) is 53.2 Å². The molecule has 0 aromatic rings. The van der Waals surface area contributed by atoms with Crippen LogP contribution in [0.1, 0.15) is 0 Å². The van der Waals surface area contributed by atoms with Crippen LogP contribution in [0.3, 0.4) is 0 Å². The first-order chi connectivity index (χ1) is 8.94. The predicted octanol–water partition coefficient (Wildman–Crippen LogP) is 5.07. The molecule has 0 radical (unpaired) electrons. The van der Waals surface area contributed by atoms with E-state index in [2.05, 4.69) is 0 Å². The van der Waals surface area contributed by atoms with Crippen molar-refractivity contribution in [2.75, 3.05) is 0 Å². The van der Waals surface area contributed by atoms with Crippen molar-refractivity contribution in [3.05, 3.63) is 0 Å². The van der Waals surface area contributed by atoms with Crippen LogP contribution >= 0.6 is 0 Å². The molecule has 0 amide bonds. The van der Waals surface area contributed by atoms with E-state index in [1.54, 1.807) is 0 Å². The van der Waals surface area contributed by atoms with Gasteiger partial charge in [-0.3, -0.25) is 0 Å². The molecule has 0 atom stereocenters. The van der Waals surface area contributed by atoms with Gasteiger partial charge in [0.05, 0.1) is 0 Å². The van der Waals surface area contributed by atoms with Gasteiger partial charge in [0.15, 0.2) is 0 Å². The minimum atomic E-state index is -6.00. The van der Waals surface area contributed by atoms with E-state index in [1.807, 2.05) is 0 Å². The molecule has 21 heteroatoms. The number of halogens is 17. The van der Waals surface area contributed by atoms with Crippen LogP contribution in [-0.2, 0) is 0 Å². The summed E-state index contributed by atoms with van der Waals surface area (Å²) < 4.78 is 169. The van der Waals surface area contributed by atoms with Crippen molar-refractivity contribution in [3.8, 4) is 0 Å². The van der Waals surface area contributed by atoms with Gasteiger partial charge in [0.2, 0.25) is 0 Å². The van der Waals surface area contributed by atoms with Crippen LogP contribution in [0.5, 0.6) is 0 Å². The first kappa shape index (κ1) is 34.0. The van der Waals surface area contributed by atoms with E-state index in [0.717, 1.165) is 0 Å². The Labute approximate surface area is 128 Å². The predicted molar refractivity (Wildman–Crippen MR) is 49.8 cm³/mol. The quantitative estimate of drug-likeness (QED) is 0.402. The molecule has 0 saturated carbocycles. The van der Waals surface area contributed by atoms with E-state index in [1.165, 1.54) is 0 Å². The number of hydrogen-bond donors (Lipinski definition) is 0. The Balaban J connectivity index is -0.0000000625. The Bertz CT molecular complexity index is 198. The fourth-order valence-corrected chi connectivity index (χ4v) is 0. The third-order valence-corrected chi connectivity index (χ3v) is 0.247. The summed E-state index contributed by atoms with van der Waals surface area (Å²) in [7, 11) is -18.0. The van der Waals surface area contributed by atoms with E-state index in [4.69, 9.17) is 0 Å². The Morgan fingerprint density at radius 2 is 0.522 bits per heavy atom. The van der Waals surface area contributed by atoms with Gasteiger partial charge in [0, 0.05) is 0 Å². The van der Waals surface area contributed by atoms with Crippen molar-refractivity contribution < 1.29 is 73.7 Å². The summed E-state index contributed by atoms with van der Waals surface area (Å²) in [5.41, 5.74) is 0. The summed E-state index contributed by atoms with van der Waals surface area (Å²) in [5.74, 6) is 0. The van der Waals surface area contributed by atoms with Gasteiger partial charge in [0.25, 0.3) is 0 Å². The van der Waals surface area contributed by atoms with Crippen molar-refractivity contribution in [1.82, 2.24) is 0 Å². The van der Waals surface area contributed by atoms with Crippen molar-refractivity contribution in [3.63, 3.8) is 0 Å². The Morgan fingerprint density at radius 1 is 0.478 bits per heavy atom. The van der Waals surface area contributed by atoms with Crippen LogP contribution in [0.25, 0.3) is 0 Å². The molecule has 0 aliphatic carbocycles. The number of alkyl halides is 5. The molecule has 0 rings (SSSR count). The van der Waals surface area contributed by atoms with Crippen molar-refractivity contribution in [1.29, 1.82) is 0 Å². The van der Waals surface area contributed by atoms with Gasteiger partial charge in [-0.1, -0.05) is 0 Å². The minimum absolute atomic E-state index is 0. The van der Waals surface area contributed by atoms with E-state index in [-0.39, 0.29) is 18.9 Å². The number of hydrogen-bond acceptors (Lipinski definition) is 0. The van der Waals surface area contributed by atoms with E-state index >= 15 is 0 Å². The molecule has 0 aliphatic rings. The maximum absolute atomic E-state index is 10.4. The second-order valence-electron chi connectivity index (χ2n) is 2.33. The monoisotopic (exact) mass is 389 g/mol. The summed E-state index contributed by atoms with van der Waals surface area (Å²) in [4.78, 5) is 0. The van der Waals surface area contributed by atoms with Gasteiger partial charge in [-0.15, -0.1) is 0 Å². The molecule has 0 aromatic carbocycles. The molecule has 0 nitrogen and oxygen atoms in total. The first-order valence-electron chi connectivity index (χ1n) is 3.91. The van der Waals surface area contributed by atoms with Crippen LogP contribution in [0, 0.1) is 0 Å². The van der Waals surface area contributed by atoms with E-state index in [9.17, 15) is 73.7 Å². The van der Waals surface area contributed by atoms with E-state index < -0.39 is 34.4 Å². The summed E-state index contributed by atoms with van der Waals surface area (Å²) >= 11 is 0. The first-order valence-corrected chi connectivity index (χ1v) is 3.91. The third-order valence-electron chi connectivity index (χ3n) is 0.247. The van der Waals surface area contributed by atoms with Crippen LogP contribution in [0.4, 0.5) is 73.7 Å². The van der Waals surface area contributed by atoms with Gasteiger partial charge in [-0.05, 0) is 0 Å². The van der Waals surface area contributed by atoms with Crippen LogP contribution < -0.4 is 0 Å². The SMILES string of the molecule is FC(F)C(F)(F)F.F[B-](F)(F)F.F[B-](F)(F)F.F[B-](F)(F)F.[LiH]. The van der Waals surface area contributed by atoms with Gasteiger partial charge in [0.1, 0.15) is 0 Å². The third kappa shape index (κ3) is 264. The molecule has 0 aromatic heterocycles. The Kier molecular flexibility index (Phi) is 19.2. The normalized spacial score (nSPS) is 11.7. The molecule has 0 spiro atoms. The molecule has 0 saturated heterocycles. The second-order valence-corrected chi connectivity index (χ2v) is 2.33. The van der Waals surface area contributed by atoms with E-state index in [0.29, 0.717) is 0 Å². The summed E-state index contributed by atoms with van der Waals surface area (Å²) in [6, 6.07) is 0. The molecule has 23 heavy (non-hydrogen) atoms. The average molecular weight is 388 g/mol. The Morgan fingerprint density at radius 3 is 0.522 bits per heavy atom. The molecule has 0 aliphatic heterocycles.